The molecular weight excluding hydrogens is 286 g/mol. The van der Waals surface area contributed by atoms with Gasteiger partial charge < -0.3 is 14.2 Å². The van der Waals surface area contributed by atoms with Gasteiger partial charge in [0.15, 0.2) is 6.61 Å². The minimum Gasteiger partial charge on any atom is -0.442 e. The van der Waals surface area contributed by atoms with Crippen molar-refractivity contribution in [3.8, 4) is 12.3 Å². The number of nitrogens with zero attached hydrogens (tertiary/aromatic N) is 1. The average molecular weight is 301 g/mol. The van der Waals surface area contributed by atoms with Crippen molar-refractivity contribution >= 4 is 17.9 Å². The molecule has 1 heterocycles. The van der Waals surface area contributed by atoms with Gasteiger partial charge in [0.05, 0.1) is 18.0 Å². The number of hydrogen-bond donors (Lipinski definition) is 0. The van der Waals surface area contributed by atoms with E-state index in [-0.39, 0.29) is 19.8 Å². The van der Waals surface area contributed by atoms with E-state index in [2.05, 4.69) is 17.2 Å². The van der Waals surface area contributed by atoms with Crippen molar-refractivity contribution in [1.82, 2.24) is 0 Å². The van der Waals surface area contributed by atoms with Gasteiger partial charge >= 0.3 is 12.2 Å². The molecule has 0 spiro atoms. The fraction of sp³-hybridized carbons (Fsp3) is 0.250. The molecule has 0 aliphatic carbocycles. The topological polar surface area (TPSA) is 65.1 Å². The lowest BCUT2D eigenvalue weighted by molar-refractivity contribution is 0.0654. The summed E-state index contributed by atoms with van der Waals surface area (Å²) in [6.45, 7) is 4.05. The highest BCUT2D eigenvalue weighted by atomic mass is 16.7. The van der Waals surface area contributed by atoms with E-state index in [4.69, 9.17) is 15.9 Å². The van der Waals surface area contributed by atoms with Crippen molar-refractivity contribution in [2.24, 2.45) is 0 Å². The maximum Gasteiger partial charge on any atom is 0.509 e. The average Bonchev–Trinajstić information content (AvgIpc) is 2.85. The molecule has 22 heavy (non-hydrogen) atoms. The van der Waals surface area contributed by atoms with E-state index in [0.717, 1.165) is 5.56 Å². The first kappa shape index (κ1) is 15.4. The molecule has 0 aromatic heterocycles. The summed E-state index contributed by atoms with van der Waals surface area (Å²) in [5, 5.41) is 0. The third-order valence-corrected chi connectivity index (χ3v) is 2.94. The van der Waals surface area contributed by atoms with Crippen LogP contribution in [-0.2, 0) is 20.6 Å². The van der Waals surface area contributed by atoms with Crippen molar-refractivity contribution in [2.75, 3.05) is 24.7 Å². The molecule has 1 amide bonds. The van der Waals surface area contributed by atoms with Gasteiger partial charge in [-0.05, 0) is 17.7 Å². The van der Waals surface area contributed by atoms with Gasteiger partial charge in [-0.3, -0.25) is 0 Å². The van der Waals surface area contributed by atoms with E-state index in [0.29, 0.717) is 17.8 Å². The zero-order valence-electron chi connectivity index (χ0n) is 11.9. The largest absolute Gasteiger partial charge is 0.509 e. The molecule has 1 aromatic carbocycles. The van der Waals surface area contributed by atoms with E-state index in [1.54, 1.807) is 12.1 Å². The molecular formula is C16H15NO5. The molecule has 0 saturated carbocycles. The summed E-state index contributed by atoms with van der Waals surface area (Å²) in [6, 6.07) is 7.24. The van der Waals surface area contributed by atoms with Gasteiger partial charge in [0.25, 0.3) is 0 Å². The van der Waals surface area contributed by atoms with Crippen LogP contribution in [0.4, 0.5) is 15.3 Å². The van der Waals surface area contributed by atoms with Crippen molar-refractivity contribution in [3.63, 3.8) is 0 Å². The fourth-order valence-electron chi connectivity index (χ4n) is 1.90. The van der Waals surface area contributed by atoms with Gasteiger partial charge in [-0.25, -0.2) is 14.5 Å². The summed E-state index contributed by atoms with van der Waals surface area (Å²) in [5.41, 5.74) is 2.23. The molecule has 0 N–H and O–H groups in total. The molecule has 0 atom stereocenters. The first-order chi connectivity index (χ1) is 10.6. The fourth-order valence-corrected chi connectivity index (χ4v) is 1.90. The van der Waals surface area contributed by atoms with Gasteiger partial charge in [0.2, 0.25) is 0 Å². The predicted molar refractivity (Wildman–Crippen MR) is 79.2 cm³/mol. The third kappa shape index (κ3) is 3.79. The van der Waals surface area contributed by atoms with Crippen LogP contribution in [-0.4, -0.2) is 32.1 Å². The Labute approximate surface area is 128 Å². The van der Waals surface area contributed by atoms with Crippen LogP contribution in [0.1, 0.15) is 5.56 Å². The van der Waals surface area contributed by atoms with Crippen molar-refractivity contribution in [3.05, 3.63) is 42.1 Å². The number of ether oxygens (including phenoxy) is 3. The normalized spacial score (nSPS) is 13.5. The molecule has 1 aliphatic heterocycles. The van der Waals surface area contributed by atoms with E-state index in [1.165, 1.54) is 4.90 Å². The predicted octanol–water partition coefficient (Wildman–Crippen LogP) is 2.49. The van der Waals surface area contributed by atoms with Crippen LogP contribution in [0.5, 0.6) is 0 Å². The number of benzene rings is 1. The maximum atomic E-state index is 11.6. The molecule has 1 saturated heterocycles. The second-order valence-corrected chi connectivity index (χ2v) is 4.46. The summed E-state index contributed by atoms with van der Waals surface area (Å²) in [5.74, 6) is 2.17. The van der Waals surface area contributed by atoms with Crippen LogP contribution >= 0.6 is 0 Å². The van der Waals surface area contributed by atoms with Crippen LogP contribution in [0.3, 0.4) is 0 Å². The number of anilines is 1. The number of carbonyl (C=O) groups excluding carboxylic acids is 2. The van der Waals surface area contributed by atoms with Gasteiger partial charge in [0.1, 0.15) is 6.61 Å². The summed E-state index contributed by atoms with van der Waals surface area (Å²) in [7, 11) is 0. The summed E-state index contributed by atoms with van der Waals surface area (Å²) in [6.07, 6.45) is 4.26. The van der Waals surface area contributed by atoms with Gasteiger partial charge in [-0.15, -0.1) is 6.42 Å². The lowest BCUT2D eigenvalue weighted by atomic mass is 10.1. The molecule has 114 valence electrons. The van der Waals surface area contributed by atoms with Crippen molar-refractivity contribution in [2.45, 2.75) is 6.42 Å². The van der Waals surface area contributed by atoms with Crippen LogP contribution in [0.2, 0.25) is 0 Å². The van der Waals surface area contributed by atoms with Crippen LogP contribution < -0.4 is 4.90 Å². The third-order valence-electron chi connectivity index (χ3n) is 2.94. The highest BCUT2D eigenvalue weighted by Crippen LogP contribution is 2.24. The highest BCUT2D eigenvalue weighted by molar-refractivity contribution is 5.93. The number of hydrogen-bond acceptors (Lipinski definition) is 5. The Morgan fingerprint density at radius 1 is 1.36 bits per heavy atom. The molecule has 1 aromatic rings. The lowest BCUT2D eigenvalue weighted by Crippen LogP contribution is -2.21. The molecule has 0 radical (unpaired) electrons. The first-order valence-electron chi connectivity index (χ1n) is 6.58. The van der Waals surface area contributed by atoms with Crippen LogP contribution in [0.25, 0.3) is 0 Å². The van der Waals surface area contributed by atoms with Gasteiger partial charge in [-0.1, -0.05) is 24.6 Å². The quantitative estimate of drug-likeness (QED) is 0.617. The first-order valence-corrected chi connectivity index (χ1v) is 6.58. The number of amides is 1. The van der Waals surface area contributed by atoms with Crippen LogP contribution in [0.15, 0.2) is 36.5 Å². The highest BCUT2D eigenvalue weighted by Gasteiger charge is 2.27. The molecule has 2 rings (SSSR count). The number of cyclic esters (lactones) is 1. The minimum absolute atomic E-state index is 0.108. The maximum absolute atomic E-state index is 11.6. The standard InChI is InChI=1S/C16H15NO5/c1-3-9-20-16(19)21-10-8-13-4-6-14(7-5-13)17-12(2)11-22-15(17)18/h1,4-7H,2,8-11H2. The zero-order valence-corrected chi connectivity index (χ0v) is 11.9. The molecule has 1 aliphatic rings. The van der Waals surface area contributed by atoms with Crippen molar-refractivity contribution < 1.29 is 23.8 Å². The monoisotopic (exact) mass is 301 g/mol. The molecule has 0 unspecified atom stereocenters. The Morgan fingerprint density at radius 3 is 2.68 bits per heavy atom. The number of rotatable bonds is 5. The van der Waals surface area contributed by atoms with E-state index in [1.807, 2.05) is 12.1 Å². The smallest absolute Gasteiger partial charge is 0.442 e. The van der Waals surface area contributed by atoms with E-state index in [9.17, 15) is 9.59 Å². The van der Waals surface area contributed by atoms with E-state index >= 15 is 0 Å². The second-order valence-electron chi connectivity index (χ2n) is 4.46. The Bertz CT molecular complexity index is 598. The Morgan fingerprint density at radius 2 is 2.09 bits per heavy atom. The molecule has 1 fully saturated rings. The van der Waals surface area contributed by atoms with Gasteiger partial charge in [0, 0.05) is 6.42 Å². The van der Waals surface area contributed by atoms with Crippen molar-refractivity contribution in [1.29, 1.82) is 0 Å². The zero-order chi connectivity index (χ0) is 15.9. The Hall–Kier alpha value is -2.94. The number of terminal acetylenes is 1. The second kappa shape index (κ2) is 7.18. The van der Waals surface area contributed by atoms with Crippen LogP contribution in [0, 0.1) is 12.3 Å². The Kier molecular flexibility index (Phi) is 5.04. The summed E-state index contributed by atoms with van der Waals surface area (Å²) >= 11 is 0. The Balaban J connectivity index is 1.85. The number of carbonyl (C=O) groups is 2. The van der Waals surface area contributed by atoms with E-state index < -0.39 is 12.2 Å². The summed E-state index contributed by atoms with van der Waals surface area (Å²) < 4.78 is 14.3. The molecule has 6 heteroatoms. The van der Waals surface area contributed by atoms with Gasteiger partial charge in [-0.2, -0.15) is 0 Å². The lowest BCUT2D eigenvalue weighted by Gasteiger charge is -2.14. The summed E-state index contributed by atoms with van der Waals surface area (Å²) in [4.78, 5) is 24.1. The SMILES string of the molecule is C#CCOC(=O)OCCc1ccc(N2C(=C)COC2=O)cc1. The minimum atomic E-state index is -0.786. The molecule has 6 nitrogen and oxygen atoms in total. The molecule has 0 bridgehead atoms.